The first kappa shape index (κ1) is 4.15. The zero-order chi connectivity index (χ0) is 5.61. The standard InChI is InChI=1S/C6H6O2/c7-6-3-1-2-5(4-6)8-6/h1-3,7H,4H2. The van der Waals surface area contributed by atoms with E-state index in [1.54, 1.807) is 6.08 Å². The molecule has 42 valence electrons. The van der Waals surface area contributed by atoms with Crippen molar-refractivity contribution >= 4 is 0 Å². The molecule has 1 atom stereocenters. The summed E-state index contributed by atoms with van der Waals surface area (Å²) in [7, 11) is 0. The van der Waals surface area contributed by atoms with Gasteiger partial charge >= 0.3 is 0 Å². The summed E-state index contributed by atoms with van der Waals surface area (Å²) in [4.78, 5) is 0. The van der Waals surface area contributed by atoms with Crippen LogP contribution in [0.5, 0.6) is 0 Å². The largest absolute Gasteiger partial charge is 0.462 e. The molecule has 1 fully saturated rings. The molecule has 2 aliphatic heterocycles. The first-order chi connectivity index (χ1) is 3.79. The number of rotatable bonds is 0. The average Bonchev–Trinajstić information content (AvgIpc) is 1.63. The van der Waals surface area contributed by atoms with E-state index >= 15 is 0 Å². The predicted molar refractivity (Wildman–Crippen MR) is 27.9 cm³/mol. The number of ether oxygens (including phenoxy) is 1. The molecule has 0 aromatic carbocycles. The third kappa shape index (κ3) is 0.357. The van der Waals surface area contributed by atoms with E-state index < -0.39 is 5.79 Å². The van der Waals surface area contributed by atoms with Crippen LogP contribution in [0.2, 0.25) is 0 Å². The molecule has 1 aliphatic carbocycles. The van der Waals surface area contributed by atoms with Crippen LogP contribution in [0, 0.1) is 0 Å². The zero-order valence-electron chi connectivity index (χ0n) is 4.29. The molecule has 3 aliphatic rings. The van der Waals surface area contributed by atoms with Crippen molar-refractivity contribution in [2.75, 3.05) is 0 Å². The van der Waals surface area contributed by atoms with Crippen LogP contribution in [0.3, 0.4) is 0 Å². The van der Waals surface area contributed by atoms with Crippen molar-refractivity contribution in [3.63, 3.8) is 0 Å². The maximum absolute atomic E-state index is 9.09. The van der Waals surface area contributed by atoms with Crippen LogP contribution >= 0.6 is 0 Å². The molecule has 0 aromatic rings. The molecule has 0 amide bonds. The second kappa shape index (κ2) is 0.977. The minimum absolute atomic E-state index is 0.656. The van der Waals surface area contributed by atoms with Crippen molar-refractivity contribution in [2.24, 2.45) is 0 Å². The molecule has 0 spiro atoms. The third-order valence-electron chi connectivity index (χ3n) is 1.37. The van der Waals surface area contributed by atoms with Crippen molar-refractivity contribution in [1.29, 1.82) is 0 Å². The lowest BCUT2D eigenvalue weighted by molar-refractivity contribution is -0.206. The molecule has 3 rings (SSSR count). The van der Waals surface area contributed by atoms with Crippen LogP contribution in [-0.4, -0.2) is 10.9 Å². The van der Waals surface area contributed by atoms with E-state index in [-0.39, 0.29) is 0 Å². The Kier molecular flexibility index (Phi) is 0.507. The van der Waals surface area contributed by atoms with Crippen molar-refractivity contribution in [3.8, 4) is 0 Å². The Labute approximate surface area is 47.1 Å². The van der Waals surface area contributed by atoms with E-state index in [0.29, 0.717) is 6.42 Å². The van der Waals surface area contributed by atoms with Crippen LogP contribution in [0.1, 0.15) is 6.42 Å². The number of fused-ring (bicyclic) bond motifs is 1. The van der Waals surface area contributed by atoms with E-state index in [9.17, 15) is 0 Å². The number of allylic oxidation sites excluding steroid dienone is 2. The quantitative estimate of drug-likeness (QED) is 0.493. The summed E-state index contributed by atoms with van der Waals surface area (Å²) < 4.78 is 4.89. The van der Waals surface area contributed by atoms with E-state index in [2.05, 4.69) is 0 Å². The summed E-state index contributed by atoms with van der Waals surface area (Å²) in [6, 6.07) is 0. The van der Waals surface area contributed by atoms with E-state index in [0.717, 1.165) is 5.76 Å². The van der Waals surface area contributed by atoms with Crippen LogP contribution < -0.4 is 0 Å². The van der Waals surface area contributed by atoms with Crippen molar-refractivity contribution in [1.82, 2.24) is 0 Å². The van der Waals surface area contributed by atoms with Gasteiger partial charge in [0.25, 0.3) is 0 Å². The van der Waals surface area contributed by atoms with Gasteiger partial charge in [-0.3, -0.25) is 0 Å². The van der Waals surface area contributed by atoms with Gasteiger partial charge in [0.05, 0.1) is 6.42 Å². The number of hydrogen-bond acceptors (Lipinski definition) is 2. The number of hydrogen-bond donors (Lipinski definition) is 1. The third-order valence-corrected chi connectivity index (χ3v) is 1.37. The first-order valence-electron chi connectivity index (χ1n) is 2.58. The maximum Gasteiger partial charge on any atom is 0.234 e. The summed E-state index contributed by atoms with van der Waals surface area (Å²) in [6.45, 7) is 0. The second-order valence-electron chi connectivity index (χ2n) is 2.12. The van der Waals surface area contributed by atoms with Gasteiger partial charge in [0.15, 0.2) is 0 Å². The van der Waals surface area contributed by atoms with Gasteiger partial charge in [-0.1, -0.05) is 6.08 Å². The lowest BCUT2D eigenvalue weighted by Gasteiger charge is -2.39. The molecule has 0 saturated carbocycles. The highest BCUT2D eigenvalue weighted by atomic mass is 16.7. The monoisotopic (exact) mass is 110 g/mol. The Morgan fingerprint density at radius 2 is 2.50 bits per heavy atom. The lowest BCUT2D eigenvalue weighted by atomic mass is 10.0. The normalized spacial score (nSPS) is 39.9. The minimum atomic E-state index is -0.927. The van der Waals surface area contributed by atoms with Crippen molar-refractivity contribution in [2.45, 2.75) is 12.2 Å². The van der Waals surface area contributed by atoms with Gasteiger partial charge in [0.2, 0.25) is 5.79 Å². The van der Waals surface area contributed by atoms with Crippen LogP contribution in [-0.2, 0) is 4.74 Å². The highest BCUT2D eigenvalue weighted by Crippen LogP contribution is 2.37. The Morgan fingerprint density at radius 1 is 1.75 bits per heavy atom. The van der Waals surface area contributed by atoms with E-state index in [1.165, 1.54) is 0 Å². The van der Waals surface area contributed by atoms with Crippen LogP contribution in [0.25, 0.3) is 0 Å². The second-order valence-corrected chi connectivity index (χ2v) is 2.12. The minimum Gasteiger partial charge on any atom is -0.462 e. The SMILES string of the molecule is OC12C=CC=C(C1)O2. The molecule has 1 unspecified atom stereocenters. The van der Waals surface area contributed by atoms with Gasteiger partial charge < -0.3 is 9.84 Å². The smallest absolute Gasteiger partial charge is 0.234 e. The maximum atomic E-state index is 9.09. The Morgan fingerprint density at radius 3 is 2.75 bits per heavy atom. The van der Waals surface area contributed by atoms with Crippen LogP contribution in [0.4, 0.5) is 0 Å². The highest BCUT2D eigenvalue weighted by molar-refractivity contribution is 5.26. The topological polar surface area (TPSA) is 29.5 Å². The fourth-order valence-corrected chi connectivity index (χ4v) is 0.960. The Balaban J connectivity index is 2.37. The highest BCUT2D eigenvalue weighted by Gasteiger charge is 2.40. The van der Waals surface area contributed by atoms with E-state index in [1.807, 2.05) is 12.2 Å². The number of aliphatic hydroxyl groups is 1. The average molecular weight is 110 g/mol. The molecule has 2 bridgehead atoms. The summed E-state index contributed by atoms with van der Waals surface area (Å²) in [5.41, 5.74) is 0. The Bertz CT molecular complexity index is 171. The molecule has 8 heavy (non-hydrogen) atoms. The molecular formula is C6H6O2. The van der Waals surface area contributed by atoms with Crippen molar-refractivity contribution in [3.05, 3.63) is 24.0 Å². The summed E-state index contributed by atoms with van der Waals surface area (Å²) in [5.74, 6) is -0.0422. The fourth-order valence-electron chi connectivity index (χ4n) is 0.960. The van der Waals surface area contributed by atoms with Crippen molar-refractivity contribution < 1.29 is 9.84 Å². The van der Waals surface area contributed by atoms with Gasteiger partial charge in [0, 0.05) is 0 Å². The molecule has 2 heterocycles. The molecule has 1 saturated heterocycles. The van der Waals surface area contributed by atoms with Gasteiger partial charge in [-0.2, -0.15) is 0 Å². The van der Waals surface area contributed by atoms with E-state index in [4.69, 9.17) is 9.84 Å². The summed E-state index contributed by atoms with van der Waals surface area (Å²) in [6.07, 6.45) is 5.98. The Hall–Kier alpha value is -0.760. The molecule has 0 radical (unpaired) electrons. The molecule has 0 aromatic heterocycles. The summed E-state index contributed by atoms with van der Waals surface area (Å²) >= 11 is 0. The van der Waals surface area contributed by atoms with Gasteiger partial charge in [-0.15, -0.1) is 0 Å². The molecule has 2 heteroatoms. The predicted octanol–water partition coefficient (Wildman–Crippen LogP) is 0.549. The van der Waals surface area contributed by atoms with Gasteiger partial charge in [0.1, 0.15) is 5.76 Å². The zero-order valence-corrected chi connectivity index (χ0v) is 4.29. The van der Waals surface area contributed by atoms with Gasteiger partial charge in [-0.25, -0.2) is 0 Å². The van der Waals surface area contributed by atoms with Crippen LogP contribution in [0.15, 0.2) is 24.0 Å². The lowest BCUT2D eigenvalue weighted by Crippen LogP contribution is -2.41. The molecule has 2 nitrogen and oxygen atoms in total. The summed E-state index contributed by atoms with van der Waals surface area (Å²) in [5, 5.41) is 9.09. The molecule has 1 N–H and O–H groups in total. The molecular weight excluding hydrogens is 104 g/mol. The fraction of sp³-hybridized carbons (Fsp3) is 0.333. The first-order valence-corrected chi connectivity index (χ1v) is 2.58. The van der Waals surface area contributed by atoms with Gasteiger partial charge in [-0.05, 0) is 12.2 Å².